The molecule has 0 aliphatic heterocycles. The number of methoxy groups -OCH3 is 1. The molecule has 2 aromatic carbocycles. The van der Waals surface area contributed by atoms with E-state index < -0.39 is 5.41 Å². The van der Waals surface area contributed by atoms with Gasteiger partial charge in [0, 0.05) is 22.9 Å². The Hall–Kier alpha value is -2.86. The van der Waals surface area contributed by atoms with Gasteiger partial charge in [-0.15, -0.1) is 11.3 Å². The average molecular weight is 424 g/mol. The Kier molecular flexibility index (Phi) is 6.77. The summed E-state index contributed by atoms with van der Waals surface area (Å²) in [7, 11) is 1.67. The zero-order chi connectivity index (χ0) is 21.7. The van der Waals surface area contributed by atoms with Crippen molar-refractivity contribution < 1.29 is 9.53 Å². The monoisotopic (exact) mass is 423 g/mol. The van der Waals surface area contributed by atoms with Crippen molar-refractivity contribution in [1.29, 1.82) is 0 Å². The molecule has 3 aromatic rings. The van der Waals surface area contributed by atoms with Crippen LogP contribution in [0.3, 0.4) is 0 Å². The number of benzene rings is 2. The number of thiazole rings is 1. The van der Waals surface area contributed by atoms with Gasteiger partial charge in [0.25, 0.3) is 0 Å². The van der Waals surface area contributed by atoms with E-state index in [4.69, 9.17) is 15.5 Å². The second kappa shape index (κ2) is 9.30. The number of nitrogens with zero attached hydrogens (tertiary/aromatic N) is 1. The van der Waals surface area contributed by atoms with Crippen LogP contribution >= 0.6 is 11.3 Å². The van der Waals surface area contributed by atoms with Crippen molar-refractivity contribution in [2.75, 3.05) is 12.8 Å². The molecule has 30 heavy (non-hydrogen) atoms. The topological polar surface area (TPSA) is 77.2 Å². The lowest BCUT2D eigenvalue weighted by Gasteiger charge is -2.23. The molecule has 1 amide bonds. The number of rotatable bonds is 7. The van der Waals surface area contributed by atoms with Crippen molar-refractivity contribution in [3.05, 3.63) is 75.7 Å². The van der Waals surface area contributed by atoms with Crippen LogP contribution in [0.25, 0.3) is 0 Å². The average Bonchev–Trinajstić information content (AvgIpc) is 3.17. The minimum Gasteiger partial charge on any atom is -0.497 e. The Bertz CT molecular complexity index is 990. The maximum atomic E-state index is 12.7. The van der Waals surface area contributed by atoms with Crippen LogP contribution in [0.4, 0.5) is 5.69 Å². The maximum Gasteiger partial charge on any atom is 0.225 e. The summed E-state index contributed by atoms with van der Waals surface area (Å²) >= 11 is 1.58. The summed E-state index contributed by atoms with van der Waals surface area (Å²) in [6, 6.07) is 15.6. The van der Waals surface area contributed by atoms with Crippen molar-refractivity contribution >= 4 is 22.9 Å². The molecule has 0 aliphatic rings. The summed E-state index contributed by atoms with van der Waals surface area (Å²) in [5.74, 6) is 0.842. The molecule has 0 radical (unpaired) electrons. The molecule has 0 saturated carbocycles. The van der Waals surface area contributed by atoms with Crippen LogP contribution in [0.5, 0.6) is 5.75 Å². The molecule has 0 bridgehead atoms. The van der Waals surface area contributed by atoms with E-state index >= 15 is 0 Å². The fourth-order valence-corrected chi connectivity index (χ4v) is 3.89. The van der Waals surface area contributed by atoms with Crippen molar-refractivity contribution in [1.82, 2.24) is 10.3 Å². The largest absolute Gasteiger partial charge is 0.497 e. The van der Waals surface area contributed by atoms with Crippen LogP contribution in [0.2, 0.25) is 0 Å². The third-order valence-electron chi connectivity index (χ3n) is 4.79. The molecule has 0 aliphatic carbocycles. The molecule has 1 aromatic heterocycles. The van der Waals surface area contributed by atoms with Crippen LogP contribution in [0.15, 0.2) is 53.9 Å². The van der Waals surface area contributed by atoms with Crippen molar-refractivity contribution in [3.8, 4) is 5.75 Å². The first-order chi connectivity index (χ1) is 14.2. The molecule has 3 rings (SSSR count). The van der Waals surface area contributed by atoms with Gasteiger partial charge < -0.3 is 15.8 Å². The number of aromatic nitrogens is 1. The molecule has 0 fully saturated rings. The van der Waals surface area contributed by atoms with E-state index in [2.05, 4.69) is 16.8 Å². The van der Waals surface area contributed by atoms with Gasteiger partial charge in [-0.05, 0) is 41.8 Å². The first-order valence-electron chi connectivity index (χ1n) is 9.97. The van der Waals surface area contributed by atoms with Crippen LogP contribution in [0, 0.1) is 5.41 Å². The number of carbonyl (C=O) groups is 1. The van der Waals surface area contributed by atoms with E-state index in [1.54, 1.807) is 18.4 Å². The quantitative estimate of drug-likeness (QED) is 0.537. The number of nitrogens with two attached hydrogens (primary N) is 1. The number of hydrogen-bond acceptors (Lipinski definition) is 5. The first-order valence-corrected chi connectivity index (χ1v) is 10.8. The number of nitrogen functional groups attached to an aromatic ring is 1. The van der Waals surface area contributed by atoms with E-state index in [9.17, 15) is 4.79 Å². The Morgan fingerprint density at radius 2 is 1.90 bits per heavy atom. The normalized spacial score (nSPS) is 12.4. The van der Waals surface area contributed by atoms with Gasteiger partial charge in [-0.2, -0.15) is 0 Å². The van der Waals surface area contributed by atoms with Crippen LogP contribution in [0.1, 0.15) is 48.6 Å². The summed E-state index contributed by atoms with van der Waals surface area (Å²) in [6.45, 7) is 5.75. The highest BCUT2D eigenvalue weighted by Crippen LogP contribution is 2.26. The molecular formula is C24H29N3O2S. The zero-order valence-corrected chi connectivity index (χ0v) is 18.8. The molecule has 0 saturated heterocycles. The molecule has 5 nitrogen and oxygen atoms in total. The molecule has 1 atom stereocenters. The highest BCUT2D eigenvalue weighted by Gasteiger charge is 2.26. The number of nitrogens with one attached hydrogen (secondary N) is 1. The molecule has 3 N–H and O–H groups in total. The van der Waals surface area contributed by atoms with Gasteiger partial charge in [0.1, 0.15) is 10.8 Å². The number of hydrogen-bond donors (Lipinski definition) is 2. The van der Waals surface area contributed by atoms with E-state index in [1.807, 2.05) is 63.2 Å². The fourth-order valence-electron chi connectivity index (χ4n) is 3.02. The van der Waals surface area contributed by atoms with Gasteiger partial charge >= 0.3 is 0 Å². The summed E-state index contributed by atoms with van der Waals surface area (Å²) in [6.07, 6.45) is 1.38. The highest BCUT2D eigenvalue weighted by atomic mass is 32.1. The van der Waals surface area contributed by atoms with E-state index in [0.717, 1.165) is 39.7 Å². The van der Waals surface area contributed by atoms with E-state index in [1.165, 1.54) is 0 Å². The Morgan fingerprint density at radius 1 is 1.17 bits per heavy atom. The third kappa shape index (κ3) is 5.83. The van der Waals surface area contributed by atoms with Gasteiger partial charge in [-0.3, -0.25) is 4.79 Å². The summed E-state index contributed by atoms with van der Waals surface area (Å²) in [4.78, 5) is 17.5. The Labute approximate surface area is 182 Å². The second-order valence-electron chi connectivity index (χ2n) is 8.43. The summed E-state index contributed by atoms with van der Waals surface area (Å²) in [5.41, 5.74) is 9.29. The lowest BCUT2D eigenvalue weighted by molar-refractivity contribution is -0.129. The highest BCUT2D eigenvalue weighted by molar-refractivity contribution is 7.09. The Morgan fingerprint density at radius 3 is 2.57 bits per heavy atom. The fraction of sp³-hybridized carbons (Fsp3) is 0.333. The third-order valence-corrected chi connectivity index (χ3v) is 5.80. The van der Waals surface area contributed by atoms with Gasteiger partial charge in [-0.25, -0.2) is 4.98 Å². The molecule has 6 heteroatoms. The number of carbonyl (C=O) groups excluding carboxylic acids is 1. The first kappa shape index (κ1) is 21.8. The van der Waals surface area contributed by atoms with Crippen LogP contribution in [-0.2, 0) is 17.6 Å². The summed E-state index contributed by atoms with van der Waals surface area (Å²) in [5, 5.41) is 6.16. The lowest BCUT2D eigenvalue weighted by Crippen LogP contribution is -2.38. The van der Waals surface area contributed by atoms with Crippen LogP contribution in [-0.4, -0.2) is 18.0 Å². The molecule has 0 unspecified atom stereocenters. The molecular weight excluding hydrogens is 394 g/mol. The van der Waals surface area contributed by atoms with Gasteiger partial charge in [0.15, 0.2) is 0 Å². The second-order valence-corrected chi connectivity index (χ2v) is 9.32. The van der Waals surface area contributed by atoms with E-state index in [0.29, 0.717) is 6.42 Å². The van der Waals surface area contributed by atoms with Crippen LogP contribution < -0.4 is 15.8 Å². The van der Waals surface area contributed by atoms with E-state index in [-0.39, 0.29) is 11.9 Å². The van der Waals surface area contributed by atoms with Crippen molar-refractivity contribution in [2.45, 2.75) is 39.7 Å². The smallest absolute Gasteiger partial charge is 0.225 e. The number of anilines is 1. The molecule has 158 valence electrons. The number of ether oxygens (including phenoxy) is 1. The minimum absolute atomic E-state index is 0.00694. The van der Waals surface area contributed by atoms with Gasteiger partial charge in [0.05, 0.1) is 18.8 Å². The zero-order valence-electron chi connectivity index (χ0n) is 17.9. The predicted molar refractivity (Wildman–Crippen MR) is 123 cm³/mol. The van der Waals surface area contributed by atoms with Gasteiger partial charge in [-0.1, -0.05) is 45.0 Å². The summed E-state index contributed by atoms with van der Waals surface area (Å²) < 4.78 is 5.31. The Balaban J connectivity index is 1.81. The van der Waals surface area contributed by atoms with Gasteiger partial charge in [0.2, 0.25) is 5.91 Å². The molecule has 0 spiro atoms. The van der Waals surface area contributed by atoms with Crippen molar-refractivity contribution in [3.63, 3.8) is 0 Å². The maximum absolute atomic E-state index is 12.7. The standard InChI is InChI=1S/C24H29N3O2S/c1-24(2,3)23(28)27-21(14-16-8-10-18(25)11-9-16)22-26-19(15-30-22)12-17-6-5-7-20(13-17)29-4/h5-11,13,15,21H,12,14,25H2,1-4H3,(H,27,28)/t21-/m0/s1. The minimum atomic E-state index is -0.472. The predicted octanol–water partition coefficient (Wildman–Crippen LogP) is 4.77. The molecule has 1 heterocycles. The SMILES string of the molecule is COc1cccc(Cc2csc([C@H](Cc3ccc(N)cc3)NC(=O)C(C)(C)C)n2)c1. The van der Waals surface area contributed by atoms with Crippen molar-refractivity contribution in [2.24, 2.45) is 5.41 Å². The lowest BCUT2D eigenvalue weighted by atomic mass is 9.94. The number of amides is 1.